The summed E-state index contributed by atoms with van der Waals surface area (Å²) in [5.41, 5.74) is 2.09. The Hall–Kier alpha value is -3.76. The molecular formula is C24H24N6O3S. The first-order valence-corrected chi connectivity index (χ1v) is 11.8. The van der Waals surface area contributed by atoms with Crippen molar-refractivity contribution >= 4 is 28.0 Å². The SMILES string of the molecule is COc1ccccc1-c1nn2c(=O)cc(CN3CCN(C(=O)Nc4ccccc4)CC3)nc2s1. The number of carbonyl (C=O) groups excluding carboxylic acids is 1. The van der Waals surface area contributed by atoms with E-state index in [1.54, 1.807) is 12.0 Å². The van der Waals surface area contributed by atoms with E-state index in [0.29, 0.717) is 54.1 Å². The largest absolute Gasteiger partial charge is 0.496 e. The summed E-state index contributed by atoms with van der Waals surface area (Å²) in [6.45, 7) is 3.18. The van der Waals surface area contributed by atoms with E-state index in [2.05, 4.69) is 20.3 Å². The molecule has 5 rings (SSSR count). The number of hydrogen-bond donors (Lipinski definition) is 1. The van der Waals surface area contributed by atoms with Gasteiger partial charge in [-0.2, -0.15) is 9.61 Å². The first-order chi connectivity index (χ1) is 16.6. The Morgan fingerprint density at radius 2 is 1.79 bits per heavy atom. The molecule has 0 aliphatic carbocycles. The monoisotopic (exact) mass is 476 g/mol. The highest BCUT2D eigenvalue weighted by Gasteiger charge is 2.22. The molecule has 1 aliphatic heterocycles. The molecule has 1 aliphatic rings. The third-order valence-corrected chi connectivity index (χ3v) is 6.65. The average Bonchev–Trinajstić information content (AvgIpc) is 3.30. The normalized spacial score (nSPS) is 14.3. The Balaban J connectivity index is 1.26. The predicted octanol–water partition coefficient (Wildman–Crippen LogP) is 3.18. The Bertz CT molecular complexity index is 1360. The summed E-state index contributed by atoms with van der Waals surface area (Å²) in [5.74, 6) is 0.698. The minimum Gasteiger partial charge on any atom is -0.496 e. The van der Waals surface area contributed by atoms with E-state index in [9.17, 15) is 9.59 Å². The summed E-state index contributed by atoms with van der Waals surface area (Å²) in [7, 11) is 1.61. The zero-order chi connectivity index (χ0) is 23.5. The van der Waals surface area contributed by atoms with Gasteiger partial charge in [-0.3, -0.25) is 9.69 Å². The molecule has 2 aromatic carbocycles. The van der Waals surface area contributed by atoms with E-state index < -0.39 is 0 Å². The van der Waals surface area contributed by atoms with Crippen LogP contribution in [0.5, 0.6) is 5.75 Å². The zero-order valence-corrected chi connectivity index (χ0v) is 19.5. The number of hydrogen-bond acceptors (Lipinski definition) is 7. The number of anilines is 1. The van der Waals surface area contributed by atoms with Crippen molar-refractivity contribution in [2.45, 2.75) is 6.54 Å². The number of rotatable bonds is 5. The fourth-order valence-electron chi connectivity index (χ4n) is 3.93. The smallest absolute Gasteiger partial charge is 0.321 e. The highest BCUT2D eigenvalue weighted by atomic mass is 32.1. The third-order valence-electron chi connectivity index (χ3n) is 5.71. The van der Waals surface area contributed by atoms with Crippen molar-refractivity contribution in [1.82, 2.24) is 24.4 Å². The molecule has 34 heavy (non-hydrogen) atoms. The lowest BCUT2D eigenvalue weighted by Gasteiger charge is -2.34. The molecule has 1 fully saturated rings. The van der Waals surface area contributed by atoms with Crippen LogP contribution in [0.3, 0.4) is 0 Å². The van der Waals surface area contributed by atoms with Crippen molar-refractivity contribution in [3.8, 4) is 16.3 Å². The summed E-state index contributed by atoms with van der Waals surface area (Å²) in [6, 6.07) is 18.4. The van der Waals surface area contributed by atoms with Crippen LogP contribution < -0.4 is 15.6 Å². The van der Waals surface area contributed by atoms with Crippen LogP contribution in [0.1, 0.15) is 5.69 Å². The van der Waals surface area contributed by atoms with Gasteiger partial charge in [-0.1, -0.05) is 41.7 Å². The Kier molecular flexibility index (Phi) is 6.24. The maximum atomic E-state index is 12.7. The second-order valence-corrected chi connectivity index (χ2v) is 8.90. The molecule has 0 radical (unpaired) electrons. The van der Waals surface area contributed by atoms with Crippen LogP contribution in [0.25, 0.3) is 15.5 Å². The van der Waals surface area contributed by atoms with Crippen LogP contribution in [0.15, 0.2) is 65.5 Å². The molecule has 2 amide bonds. The fraction of sp³-hybridized carbons (Fsp3) is 0.250. The van der Waals surface area contributed by atoms with E-state index in [0.717, 1.165) is 11.3 Å². The maximum Gasteiger partial charge on any atom is 0.321 e. The highest BCUT2D eigenvalue weighted by Crippen LogP contribution is 2.32. The Morgan fingerprint density at radius 1 is 1.06 bits per heavy atom. The number of amides is 2. The quantitative estimate of drug-likeness (QED) is 0.476. The first-order valence-electron chi connectivity index (χ1n) is 11.0. The van der Waals surface area contributed by atoms with Crippen LogP contribution >= 0.6 is 11.3 Å². The van der Waals surface area contributed by atoms with Gasteiger partial charge in [0.2, 0.25) is 4.96 Å². The van der Waals surface area contributed by atoms with E-state index in [1.807, 2.05) is 54.6 Å². The number of nitrogens with one attached hydrogen (secondary N) is 1. The molecular weight excluding hydrogens is 452 g/mol. The molecule has 3 heterocycles. The molecule has 1 N–H and O–H groups in total. The van der Waals surface area contributed by atoms with Crippen molar-refractivity contribution in [3.05, 3.63) is 76.7 Å². The van der Waals surface area contributed by atoms with Crippen molar-refractivity contribution in [3.63, 3.8) is 0 Å². The summed E-state index contributed by atoms with van der Waals surface area (Å²) < 4.78 is 6.76. The molecule has 174 valence electrons. The molecule has 1 saturated heterocycles. The van der Waals surface area contributed by atoms with Gasteiger partial charge in [0, 0.05) is 44.5 Å². The maximum absolute atomic E-state index is 12.7. The number of benzene rings is 2. The number of urea groups is 1. The van der Waals surface area contributed by atoms with E-state index in [1.165, 1.54) is 21.9 Å². The van der Waals surface area contributed by atoms with Crippen LogP contribution in [-0.4, -0.2) is 63.7 Å². The predicted molar refractivity (Wildman–Crippen MR) is 131 cm³/mol. The molecule has 9 nitrogen and oxygen atoms in total. The minimum absolute atomic E-state index is 0.0998. The van der Waals surface area contributed by atoms with Gasteiger partial charge in [0.15, 0.2) is 5.01 Å². The molecule has 0 atom stereocenters. The van der Waals surface area contributed by atoms with Gasteiger partial charge >= 0.3 is 6.03 Å². The number of fused-ring (bicyclic) bond motifs is 1. The van der Waals surface area contributed by atoms with Crippen LogP contribution in [0.2, 0.25) is 0 Å². The van der Waals surface area contributed by atoms with Crippen LogP contribution in [0, 0.1) is 0 Å². The third kappa shape index (κ3) is 4.63. The standard InChI is InChI=1S/C24H24N6O3S/c1-33-20-10-6-5-9-19(20)22-27-30-21(31)15-18(26-24(30)34-22)16-28-11-13-29(14-12-28)23(32)25-17-7-3-2-4-8-17/h2-10,15H,11-14,16H2,1H3,(H,25,32). The van der Waals surface area contributed by atoms with Gasteiger partial charge in [0.1, 0.15) is 5.75 Å². The summed E-state index contributed by atoms with van der Waals surface area (Å²) >= 11 is 1.36. The molecule has 10 heteroatoms. The lowest BCUT2D eigenvalue weighted by Crippen LogP contribution is -2.49. The Labute approximate surface area is 200 Å². The number of para-hydroxylation sites is 2. The van der Waals surface area contributed by atoms with Crippen molar-refractivity contribution in [2.24, 2.45) is 0 Å². The topological polar surface area (TPSA) is 92.1 Å². The van der Waals surface area contributed by atoms with Gasteiger partial charge < -0.3 is 15.0 Å². The van der Waals surface area contributed by atoms with Gasteiger partial charge in [-0.05, 0) is 24.3 Å². The molecule has 2 aromatic heterocycles. The summed E-state index contributed by atoms with van der Waals surface area (Å²) in [5, 5.41) is 8.06. The van der Waals surface area contributed by atoms with E-state index in [-0.39, 0.29) is 11.6 Å². The van der Waals surface area contributed by atoms with Crippen LogP contribution in [-0.2, 0) is 6.54 Å². The highest BCUT2D eigenvalue weighted by molar-refractivity contribution is 7.19. The molecule has 0 bridgehead atoms. The van der Waals surface area contributed by atoms with E-state index in [4.69, 9.17) is 4.74 Å². The summed E-state index contributed by atoms with van der Waals surface area (Å²) in [6.07, 6.45) is 0. The second kappa shape index (κ2) is 9.62. The minimum atomic E-state index is -0.210. The van der Waals surface area contributed by atoms with E-state index >= 15 is 0 Å². The lowest BCUT2D eigenvalue weighted by molar-refractivity contribution is 0.142. The van der Waals surface area contributed by atoms with Gasteiger partial charge in [0.05, 0.1) is 18.4 Å². The number of carbonyl (C=O) groups is 1. The second-order valence-electron chi connectivity index (χ2n) is 7.95. The zero-order valence-electron chi connectivity index (χ0n) is 18.7. The molecule has 0 saturated carbocycles. The number of nitrogens with zero attached hydrogens (tertiary/aromatic N) is 5. The number of methoxy groups -OCH3 is 1. The molecule has 0 spiro atoms. The van der Waals surface area contributed by atoms with Gasteiger partial charge in [-0.25, -0.2) is 9.78 Å². The van der Waals surface area contributed by atoms with Crippen LogP contribution in [0.4, 0.5) is 10.5 Å². The van der Waals surface area contributed by atoms with Gasteiger partial charge in [0.25, 0.3) is 5.56 Å². The average molecular weight is 477 g/mol. The molecule has 0 unspecified atom stereocenters. The lowest BCUT2D eigenvalue weighted by atomic mass is 10.2. The van der Waals surface area contributed by atoms with Crippen molar-refractivity contribution < 1.29 is 9.53 Å². The van der Waals surface area contributed by atoms with Crippen molar-refractivity contribution in [2.75, 3.05) is 38.6 Å². The van der Waals surface area contributed by atoms with Gasteiger partial charge in [-0.15, -0.1) is 0 Å². The first kappa shape index (κ1) is 22.1. The Morgan fingerprint density at radius 3 is 2.56 bits per heavy atom. The number of piperazine rings is 1. The fourth-order valence-corrected chi connectivity index (χ4v) is 4.88. The number of aromatic nitrogens is 3. The number of ether oxygens (including phenoxy) is 1. The summed E-state index contributed by atoms with van der Waals surface area (Å²) in [4.78, 5) is 34.5. The molecule has 4 aromatic rings. The van der Waals surface area contributed by atoms with Crippen molar-refractivity contribution in [1.29, 1.82) is 0 Å².